The normalized spacial score (nSPS) is 29.7. The summed E-state index contributed by atoms with van der Waals surface area (Å²) >= 11 is 0. The van der Waals surface area contributed by atoms with Crippen molar-refractivity contribution in [3.05, 3.63) is 0 Å². The summed E-state index contributed by atoms with van der Waals surface area (Å²) in [4.78, 5) is 30.8. The Bertz CT molecular complexity index is 222. The van der Waals surface area contributed by atoms with Crippen molar-refractivity contribution in [1.82, 2.24) is 0 Å². The van der Waals surface area contributed by atoms with E-state index in [4.69, 9.17) is 0 Å². The van der Waals surface area contributed by atoms with E-state index in [1.54, 1.807) is 0 Å². The predicted molar refractivity (Wildman–Crippen MR) is 69.4 cm³/mol. The van der Waals surface area contributed by atoms with Crippen molar-refractivity contribution in [2.45, 2.75) is 64.5 Å². The topological polar surface area (TPSA) is 60.7 Å². The van der Waals surface area contributed by atoms with Crippen molar-refractivity contribution in [2.24, 2.45) is 5.92 Å². The second kappa shape index (κ2) is 5.30. The molecular weight excluding hydrogens is 223 g/mol. The molecule has 1 rings (SSSR count). The maximum absolute atomic E-state index is 10.3. The first-order valence-electron chi connectivity index (χ1n) is 6.65. The Morgan fingerprint density at radius 3 is 2.25 bits per heavy atom. The van der Waals surface area contributed by atoms with Crippen LogP contribution in [0.2, 0.25) is 0 Å². The molecule has 0 spiro atoms. The molecule has 1 aliphatic carbocycles. The van der Waals surface area contributed by atoms with E-state index in [0.717, 1.165) is 38.5 Å². The first-order valence-corrected chi connectivity index (χ1v) is 9.00. The van der Waals surface area contributed by atoms with Crippen molar-refractivity contribution in [2.75, 3.05) is 6.16 Å². The Labute approximate surface area is 99.1 Å². The van der Waals surface area contributed by atoms with E-state index in [1.165, 1.54) is 0 Å². The zero-order valence-corrected chi connectivity index (χ0v) is 11.5. The monoisotopic (exact) mass is 250 g/mol. The molecule has 3 nitrogen and oxygen atoms in total. The molecule has 2 unspecified atom stereocenters. The third-order valence-electron chi connectivity index (χ3n) is 4.01. The van der Waals surface area contributed by atoms with Gasteiger partial charge in [-0.25, -0.2) is 0 Å². The first kappa shape index (κ1) is 14.4. The average Bonchev–Trinajstić information content (AvgIpc) is 2.26. The maximum atomic E-state index is 10.3. The molecule has 1 aliphatic rings. The predicted octanol–water partition coefficient (Wildman–Crippen LogP) is 3.03. The fourth-order valence-corrected chi connectivity index (χ4v) is 6.18. The zero-order valence-electron chi connectivity index (χ0n) is 10.6. The van der Waals surface area contributed by atoms with Crippen LogP contribution in [0.4, 0.5) is 0 Å². The van der Waals surface area contributed by atoms with Crippen LogP contribution in [0.5, 0.6) is 0 Å². The van der Waals surface area contributed by atoms with E-state index < -0.39 is 7.28 Å². The summed E-state index contributed by atoms with van der Waals surface area (Å²) in [7, 11) is -4.38. The molecule has 1 saturated carbocycles. The van der Waals surface area contributed by atoms with Crippen LogP contribution in [-0.4, -0.2) is 26.5 Å². The van der Waals surface area contributed by atoms with Crippen molar-refractivity contribution >= 4 is 7.28 Å². The fourth-order valence-electron chi connectivity index (χ4n) is 2.99. The molecule has 0 aromatic carbocycles. The number of rotatable bonds is 5. The van der Waals surface area contributed by atoms with E-state index in [1.807, 2.05) is 6.92 Å². The molecule has 4 heteroatoms. The number of unbranched alkanes of at least 4 members (excludes halogenated alkanes) is 1. The van der Waals surface area contributed by atoms with E-state index in [9.17, 15) is 14.7 Å². The molecule has 98 valence electrons. The third kappa shape index (κ3) is 3.40. The molecule has 0 radical (unpaired) electrons. The van der Waals surface area contributed by atoms with Crippen molar-refractivity contribution in [1.29, 1.82) is 0 Å². The summed E-state index contributed by atoms with van der Waals surface area (Å²) < 4.78 is 0. The molecule has 0 aliphatic heterocycles. The summed E-state index contributed by atoms with van der Waals surface area (Å²) in [5.74, 6) is 0.295. The SMILES string of the molecule is CCCCP(O)(O)(O)C1CCCCC1CC. The van der Waals surface area contributed by atoms with Crippen LogP contribution >= 0.6 is 7.28 Å². The molecular formula is C12H27O3P. The third-order valence-corrected chi connectivity index (χ3v) is 7.23. The minimum absolute atomic E-state index is 0.198. The molecule has 16 heavy (non-hydrogen) atoms. The van der Waals surface area contributed by atoms with Crippen molar-refractivity contribution < 1.29 is 14.7 Å². The average molecular weight is 250 g/mol. The Kier molecular flexibility index (Phi) is 4.76. The zero-order chi connectivity index (χ0) is 12.3. The van der Waals surface area contributed by atoms with Gasteiger partial charge in [-0.1, -0.05) is 0 Å². The van der Waals surface area contributed by atoms with Crippen molar-refractivity contribution in [3.8, 4) is 0 Å². The fraction of sp³-hybridized carbons (Fsp3) is 1.00. The van der Waals surface area contributed by atoms with Gasteiger partial charge in [-0.15, -0.1) is 0 Å². The second-order valence-electron chi connectivity index (χ2n) is 5.32. The molecule has 0 amide bonds. The summed E-state index contributed by atoms with van der Waals surface area (Å²) in [6, 6.07) is 0. The van der Waals surface area contributed by atoms with Gasteiger partial charge in [0.15, 0.2) is 0 Å². The van der Waals surface area contributed by atoms with Gasteiger partial charge in [-0.3, -0.25) is 0 Å². The Balaban J connectivity index is 2.77. The first-order chi connectivity index (χ1) is 7.39. The number of hydrogen-bond donors (Lipinski definition) is 3. The van der Waals surface area contributed by atoms with E-state index in [2.05, 4.69) is 6.92 Å². The van der Waals surface area contributed by atoms with Gasteiger partial charge in [-0.2, -0.15) is 0 Å². The quantitative estimate of drug-likeness (QED) is 0.657. The van der Waals surface area contributed by atoms with Gasteiger partial charge in [0, 0.05) is 0 Å². The van der Waals surface area contributed by atoms with E-state index in [0.29, 0.717) is 12.3 Å². The van der Waals surface area contributed by atoms with Crippen LogP contribution in [0.1, 0.15) is 58.8 Å². The van der Waals surface area contributed by atoms with Crippen LogP contribution < -0.4 is 0 Å². The van der Waals surface area contributed by atoms with Crippen LogP contribution in [0.25, 0.3) is 0 Å². The van der Waals surface area contributed by atoms with Gasteiger partial charge in [0.1, 0.15) is 0 Å². The van der Waals surface area contributed by atoms with Gasteiger partial charge >= 0.3 is 98.5 Å². The van der Waals surface area contributed by atoms with Gasteiger partial charge < -0.3 is 0 Å². The second-order valence-corrected chi connectivity index (χ2v) is 8.87. The molecule has 0 aromatic rings. The number of hydrogen-bond acceptors (Lipinski definition) is 3. The van der Waals surface area contributed by atoms with Crippen LogP contribution in [-0.2, 0) is 0 Å². The molecule has 0 heterocycles. The Morgan fingerprint density at radius 1 is 1.06 bits per heavy atom. The van der Waals surface area contributed by atoms with Crippen molar-refractivity contribution in [3.63, 3.8) is 0 Å². The molecule has 0 bridgehead atoms. The summed E-state index contributed by atoms with van der Waals surface area (Å²) in [5, 5.41) is 0. The van der Waals surface area contributed by atoms with Crippen LogP contribution in [0.15, 0.2) is 0 Å². The molecule has 0 aromatic heterocycles. The van der Waals surface area contributed by atoms with E-state index >= 15 is 0 Å². The molecule has 2 atom stereocenters. The van der Waals surface area contributed by atoms with Crippen LogP contribution in [0, 0.1) is 5.92 Å². The minimum atomic E-state index is -4.38. The molecule has 1 fully saturated rings. The van der Waals surface area contributed by atoms with Gasteiger partial charge in [0.05, 0.1) is 0 Å². The van der Waals surface area contributed by atoms with E-state index in [-0.39, 0.29) is 11.8 Å². The van der Waals surface area contributed by atoms with Gasteiger partial charge in [0.25, 0.3) is 0 Å². The Hall–Kier alpha value is 0.310. The summed E-state index contributed by atoms with van der Waals surface area (Å²) in [5.41, 5.74) is -0.253. The standard InChI is InChI=1S/C12H27O3P/c1-3-5-10-16(13,14,15)12-9-7-6-8-11(12)4-2/h11-15H,3-10H2,1-2H3. The van der Waals surface area contributed by atoms with Gasteiger partial charge in [-0.05, 0) is 0 Å². The van der Waals surface area contributed by atoms with Crippen LogP contribution in [0.3, 0.4) is 0 Å². The molecule has 3 N–H and O–H groups in total. The molecule has 0 saturated heterocycles. The summed E-state index contributed by atoms with van der Waals surface area (Å²) in [6.45, 7) is 4.08. The van der Waals surface area contributed by atoms with Gasteiger partial charge in [0.2, 0.25) is 0 Å². The Morgan fingerprint density at radius 2 is 1.69 bits per heavy atom. The summed E-state index contributed by atoms with van der Waals surface area (Å²) in [6.07, 6.45) is 6.73.